The summed E-state index contributed by atoms with van der Waals surface area (Å²) in [6.07, 6.45) is -3.44. The molecule has 0 unspecified atom stereocenters. The fourth-order valence-electron chi connectivity index (χ4n) is 3.11. The minimum absolute atomic E-state index is 0.0195. The van der Waals surface area contributed by atoms with E-state index in [4.69, 9.17) is 4.74 Å². The van der Waals surface area contributed by atoms with Crippen LogP contribution in [0, 0.1) is 6.92 Å². The first-order valence-corrected chi connectivity index (χ1v) is 9.30. The second-order valence-electron chi connectivity index (χ2n) is 7.00. The number of ether oxygens (including phenoxy) is 2. The van der Waals surface area contributed by atoms with Crippen molar-refractivity contribution in [3.8, 4) is 5.88 Å². The molecule has 32 heavy (non-hydrogen) atoms. The summed E-state index contributed by atoms with van der Waals surface area (Å²) in [5.74, 6) is -0.465. The Morgan fingerprint density at radius 1 is 1.16 bits per heavy atom. The van der Waals surface area contributed by atoms with Gasteiger partial charge in [-0.15, -0.1) is 10.2 Å². The summed E-state index contributed by atoms with van der Waals surface area (Å²) in [5, 5.41) is 8.51. The van der Waals surface area contributed by atoms with Gasteiger partial charge >= 0.3 is 12.1 Å². The highest BCUT2D eigenvalue weighted by molar-refractivity contribution is 5.89. The van der Waals surface area contributed by atoms with Gasteiger partial charge in [0.1, 0.15) is 0 Å². The molecule has 1 aromatic carbocycles. The van der Waals surface area contributed by atoms with Crippen molar-refractivity contribution in [1.82, 2.24) is 24.1 Å². The summed E-state index contributed by atoms with van der Waals surface area (Å²) in [5.41, 5.74) is 1.26. The number of hydrogen-bond acceptors (Lipinski definition) is 7. The second kappa shape index (κ2) is 7.94. The van der Waals surface area contributed by atoms with Gasteiger partial charge in [-0.05, 0) is 25.1 Å². The number of alkyl halides is 3. The van der Waals surface area contributed by atoms with E-state index in [-0.39, 0.29) is 35.2 Å². The van der Waals surface area contributed by atoms with Gasteiger partial charge < -0.3 is 9.47 Å². The number of carbonyl (C=O) groups excluding carboxylic acids is 1. The maximum absolute atomic E-state index is 12.6. The molecule has 9 nitrogen and oxygen atoms in total. The highest BCUT2D eigenvalue weighted by Gasteiger charge is 2.28. The molecule has 4 rings (SSSR count). The molecule has 0 atom stereocenters. The van der Waals surface area contributed by atoms with E-state index in [0.29, 0.717) is 10.9 Å². The Labute approximate surface area is 178 Å². The van der Waals surface area contributed by atoms with Gasteiger partial charge in [0.15, 0.2) is 19.0 Å². The number of halogens is 3. The van der Waals surface area contributed by atoms with E-state index in [1.54, 1.807) is 23.6 Å². The first kappa shape index (κ1) is 21.3. The molecule has 0 saturated heterocycles. The van der Waals surface area contributed by atoms with Crippen molar-refractivity contribution in [3.63, 3.8) is 0 Å². The van der Waals surface area contributed by atoms with Crippen LogP contribution in [0.2, 0.25) is 0 Å². The number of esters is 1. The van der Waals surface area contributed by atoms with E-state index in [9.17, 15) is 22.8 Å². The quantitative estimate of drug-likeness (QED) is 0.434. The minimum atomic E-state index is -4.49. The Morgan fingerprint density at radius 2 is 1.94 bits per heavy atom. The van der Waals surface area contributed by atoms with Gasteiger partial charge in [0.05, 0.1) is 16.5 Å². The van der Waals surface area contributed by atoms with Crippen molar-refractivity contribution >= 4 is 22.6 Å². The Balaban J connectivity index is 1.55. The summed E-state index contributed by atoms with van der Waals surface area (Å²) >= 11 is 0. The number of aryl methyl sites for hydroxylation is 2. The average Bonchev–Trinajstić information content (AvgIpc) is 3.18. The van der Waals surface area contributed by atoms with E-state index in [1.165, 1.54) is 10.6 Å². The SMILES string of the molecule is Cc1ccc2c(c1)c(=O)n(C)c1nnc(COC(=O)c3ccc(OCC(F)(F)F)nc3)n21. The smallest absolute Gasteiger partial charge is 0.422 e. The summed E-state index contributed by atoms with van der Waals surface area (Å²) in [6.45, 7) is 0.124. The average molecular weight is 447 g/mol. The monoisotopic (exact) mass is 447 g/mol. The van der Waals surface area contributed by atoms with Gasteiger partial charge in [-0.2, -0.15) is 13.2 Å². The Kier molecular flexibility index (Phi) is 5.28. The normalized spacial score (nSPS) is 11.8. The number of fused-ring (bicyclic) bond motifs is 3. The molecular formula is C20H16F3N5O4. The largest absolute Gasteiger partial charge is 0.468 e. The zero-order chi connectivity index (χ0) is 23.0. The third-order valence-electron chi connectivity index (χ3n) is 4.63. The molecule has 0 saturated carbocycles. The zero-order valence-corrected chi connectivity index (χ0v) is 16.9. The van der Waals surface area contributed by atoms with Gasteiger partial charge in [-0.1, -0.05) is 11.6 Å². The van der Waals surface area contributed by atoms with Crippen molar-refractivity contribution in [2.24, 2.45) is 7.05 Å². The van der Waals surface area contributed by atoms with Crippen LogP contribution in [0.15, 0.2) is 41.3 Å². The molecule has 0 amide bonds. The summed E-state index contributed by atoms with van der Waals surface area (Å²) in [7, 11) is 1.57. The van der Waals surface area contributed by atoms with Crippen molar-refractivity contribution < 1.29 is 27.4 Å². The topological polar surface area (TPSA) is 101 Å². The lowest BCUT2D eigenvalue weighted by molar-refractivity contribution is -0.154. The lowest BCUT2D eigenvalue weighted by Gasteiger charge is -2.10. The fraction of sp³-hybridized carbons (Fsp3) is 0.250. The first-order valence-electron chi connectivity index (χ1n) is 9.30. The van der Waals surface area contributed by atoms with Crippen molar-refractivity contribution in [2.75, 3.05) is 6.61 Å². The van der Waals surface area contributed by atoms with Crippen LogP contribution in [0.25, 0.3) is 16.7 Å². The van der Waals surface area contributed by atoms with Gasteiger partial charge in [0, 0.05) is 19.3 Å². The lowest BCUT2D eigenvalue weighted by atomic mass is 10.1. The van der Waals surface area contributed by atoms with Crippen molar-refractivity contribution in [1.29, 1.82) is 0 Å². The number of aromatic nitrogens is 5. The summed E-state index contributed by atoms with van der Waals surface area (Å²) in [4.78, 5) is 28.6. The number of hydrogen-bond donors (Lipinski definition) is 0. The minimum Gasteiger partial charge on any atom is -0.468 e. The number of rotatable bonds is 5. The highest BCUT2D eigenvalue weighted by atomic mass is 19.4. The fourth-order valence-corrected chi connectivity index (χ4v) is 3.11. The second-order valence-corrected chi connectivity index (χ2v) is 7.00. The number of benzene rings is 1. The third kappa shape index (κ3) is 4.11. The Hall–Kier alpha value is -3.96. The molecule has 0 radical (unpaired) electrons. The number of nitrogens with zero attached hydrogens (tertiary/aromatic N) is 5. The molecular weight excluding hydrogens is 431 g/mol. The zero-order valence-electron chi connectivity index (χ0n) is 16.9. The molecule has 3 heterocycles. The standard InChI is InChI=1S/C20H16F3N5O4/c1-11-3-5-14-13(7-11)17(29)27(2)19-26-25-15(28(14)19)9-31-18(30)12-4-6-16(24-8-12)32-10-20(21,22)23/h3-8H,9-10H2,1-2H3. The molecule has 4 aromatic rings. The molecule has 0 aliphatic rings. The molecule has 0 spiro atoms. The van der Waals surface area contributed by atoms with Crippen LogP contribution in [0.4, 0.5) is 13.2 Å². The van der Waals surface area contributed by atoms with E-state index in [2.05, 4.69) is 19.9 Å². The molecule has 0 fully saturated rings. The first-order chi connectivity index (χ1) is 15.1. The molecule has 0 bridgehead atoms. The van der Waals surface area contributed by atoms with Crippen molar-refractivity contribution in [2.45, 2.75) is 19.7 Å². The lowest BCUT2D eigenvalue weighted by Crippen LogP contribution is -2.20. The van der Waals surface area contributed by atoms with Crippen molar-refractivity contribution in [3.05, 3.63) is 63.8 Å². The maximum Gasteiger partial charge on any atom is 0.422 e. The Bertz CT molecular complexity index is 1380. The number of pyridine rings is 1. The molecule has 0 aliphatic carbocycles. The summed E-state index contributed by atoms with van der Waals surface area (Å²) < 4.78 is 49.3. The van der Waals surface area contributed by atoms with Crippen LogP contribution in [0.3, 0.4) is 0 Å². The van der Waals surface area contributed by atoms with Gasteiger partial charge in [-0.3, -0.25) is 13.8 Å². The van der Waals surface area contributed by atoms with E-state index in [1.807, 2.05) is 13.0 Å². The van der Waals surface area contributed by atoms with Gasteiger partial charge in [0.2, 0.25) is 11.7 Å². The van der Waals surface area contributed by atoms with Crippen LogP contribution in [-0.2, 0) is 18.4 Å². The van der Waals surface area contributed by atoms with Crippen LogP contribution >= 0.6 is 0 Å². The Morgan fingerprint density at radius 3 is 2.62 bits per heavy atom. The third-order valence-corrected chi connectivity index (χ3v) is 4.63. The predicted molar refractivity (Wildman–Crippen MR) is 105 cm³/mol. The molecule has 166 valence electrons. The van der Waals surface area contributed by atoms with Crippen LogP contribution in [0.5, 0.6) is 5.88 Å². The molecule has 12 heteroatoms. The number of carbonyl (C=O) groups is 1. The van der Waals surface area contributed by atoms with Crippen LogP contribution in [0.1, 0.15) is 21.7 Å². The molecule has 3 aromatic heterocycles. The molecule has 0 aliphatic heterocycles. The summed E-state index contributed by atoms with van der Waals surface area (Å²) in [6, 6.07) is 7.73. The highest BCUT2D eigenvalue weighted by Crippen LogP contribution is 2.18. The van der Waals surface area contributed by atoms with E-state index in [0.717, 1.165) is 17.8 Å². The van der Waals surface area contributed by atoms with Crippen LogP contribution < -0.4 is 10.3 Å². The predicted octanol–water partition coefficient (Wildman–Crippen LogP) is 2.58. The van der Waals surface area contributed by atoms with Gasteiger partial charge in [-0.25, -0.2) is 9.78 Å². The van der Waals surface area contributed by atoms with E-state index < -0.39 is 18.8 Å². The maximum atomic E-state index is 12.6. The van der Waals surface area contributed by atoms with Crippen LogP contribution in [-0.4, -0.2) is 42.9 Å². The molecule has 0 N–H and O–H groups in total. The van der Waals surface area contributed by atoms with Gasteiger partial charge in [0.25, 0.3) is 5.56 Å². The van der Waals surface area contributed by atoms with E-state index >= 15 is 0 Å².